The molecule has 2 aromatic rings. The molecule has 0 aromatic heterocycles. The van der Waals surface area contributed by atoms with Gasteiger partial charge in [0.05, 0.1) is 16.1 Å². The van der Waals surface area contributed by atoms with Gasteiger partial charge in [0.1, 0.15) is 11.9 Å². The minimum absolute atomic E-state index is 0.195. The Kier molecular flexibility index (Phi) is 4.16. The van der Waals surface area contributed by atoms with E-state index in [4.69, 9.17) is 16.9 Å². The maximum absolute atomic E-state index is 13.2. The summed E-state index contributed by atoms with van der Waals surface area (Å²) in [6, 6.07) is 9.44. The number of hydrogen-bond donors (Lipinski definition) is 1. The molecule has 2 rings (SSSR count). The lowest BCUT2D eigenvalue weighted by Crippen LogP contribution is -2.14. The summed E-state index contributed by atoms with van der Waals surface area (Å²) in [5, 5.41) is 9.18. The number of rotatable bonds is 3. The van der Waals surface area contributed by atoms with E-state index in [1.54, 1.807) is 31.2 Å². The molecular weight excluding hydrogens is 315 g/mol. The number of hydrogen-bond acceptors (Lipinski definition) is 3. The highest BCUT2D eigenvalue weighted by Gasteiger charge is 2.17. The Hall–Kier alpha value is -2.10. The second-order valence-electron chi connectivity index (χ2n) is 4.27. The summed E-state index contributed by atoms with van der Waals surface area (Å²) in [4.78, 5) is -0.195. The summed E-state index contributed by atoms with van der Waals surface area (Å²) in [6.45, 7) is 1.67. The molecule has 0 aliphatic heterocycles. The van der Waals surface area contributed by atoms with Crippen LogP contribution in [0.25, 0.3) is 0 Å². The monoisotopic (exact) mass is 324 g/mol. The lowest BCUT2D eigenvalue weighted by molar-refractivity contribution is 0.599. The molecule has 0 fully saturated rings. The van der Waals surface area contributed by atoms with Gasteiger partial charge in [-0.15, -0.1) is 0 Å². The Labute approximate surface area is 126 Å². The molecule has 0 spiro atoms. The second-order valence-corrected chi connectivity index (χ2v) is 6.36. The van der Waals surface area contributed by atoms with Crippen LogP contribution in [0.4, 0.5) is 10.1 Å². The van der Waals surface area contributed by atoms with E-state index in [0.717, 1.165) is 18.2 Å². The van der Waals surface area contributed by atoms with Crippen molar-refractivity contribution in [1.82, 2.24) is 0 Å². The predicted octanol–water partition coefficient (Wildman–Crippen LogP) is 3.46. The van der Waals surface area contributed by atoms with Gasteiger partial charge in [0.25, 0.3) is 10.0 Å². The molecule has 2 aromatic carbocycles. The lowest BCUT2D eigenvalue weighted by atomic mass is 10.2. The summed E-state index contributed by atoms with van der Waals surface area (Å²) in [5.41, 5.74) is 0.566. The van der Waals surface area contributed by atoms with E-state index in [9.17, 15) is 12.8 Å². The quantitative estimate of drug-likeness (QED) is 0.940. The summed E-state index contributed by atoms with van der Waals surface area (Å²) >= 11 is 5.93. The first kappa shape index (κ1) is 15.3. The maximum atomic E-state index is 13.2. The number of sulfonamides is 1. The summed E-state index contributed by atoms with van der Waals surface area (Å²) < 4.78 is 40.1. The zero-order valence-corrected chi connectivity index (χ0v) is 12.5. The van der Waals surface area contributed by atoms with Crippen molar-refractivity contribution < 1.29 is 12.8 Å². The molecule has 7 heteroatoms. The number of nitrogens with zero attached hydrogens (tertiary/aromatic N) is 1. The Morgan fingerprint density at radius 3 is 2.67 bits per heavy atom. The SMILES string of the molecule is Cc1c(Cl)cccc1NS(=O)(=O)c1ccc(F)c(C#N)c1. The molecule has 0 atom stereocenters. The Balaban J connectivity index is 2.44. The zero-order valence-electron chi connectivity index (χ0n) is 10.9. The van der Waals surface area contributed by atoms with Gasteiger partial charge in [-0.2, -0.15) is 5.26 Å². The Bertz CT molecular complexity index is 845. The van der Waals surface area contributed by atoms with Crippen molar-refractivity contribution in [2.45, 2.75) is 11.8 Å². The fourth-order valence-electron chi connectivity index (χ4n) is 1.68. The third-order valence-electron chi connectivity index (χ3n) is 2.88. The minimum atomic E-state index is -3.93. The molecule has 0 amide bonds. The molecule has 0 saturated heterocycles. The number of nitriles is 1. The fourth-order valence-corrected chi connectivity index (χ4v) is 3.00. The molecule has 108 valence electrons. The van der Waals surface area contributed by atoms with Crippen LogP contribution in [0.15, 0.2) is 41.3 Å². The smallest absolute Gasteiger partial charge is 0.261 e. The van der Waals surface area contributed by atoms with Crippen LogP contribution < -0.4 is 4.72 Å². The summed E-state index contributed by atoms with van der Waals surface area (Å²) in [6.07, 6.45) is 0. The highest BCUT2D eigenvalue weighted by atomic mass is 35.5. The molecule has 21 heavy (non-hydrogen) atoms. The van der Waals surface area contributed by atoms with Gasteiger partial charge in [-0.05, 0) is 42.8 Å². The van der Waals surface area contributed by atoms with E-state index in [2.05, 4.69) is 4.72 Å². The molecule has 0 bridgehead atoms. The third-order valence-corrected chi connectivity index (χ3v) is 4.65. The van der Waals surface area contributed by atoms with Crippen LogP contribution >= 0.6 is 11.6 Å². The molecule has 0 aliphatic carbocycles. The van der Waals surface area contributed by atoms with E-state index in [0.29, 0.717) is 16.3 Å². The molecule has 0 aliphatic rings. The van der Waals surface area contributed by atoms with Gasteiger partial charge in [-0.3, -0.25) is 4.72 Å². The topological polar surface area (TPSA) is 70.0 Å². The number of benzene rings is 2. The van der Waals surface area contributed by atoms with Gasteiger partial charge < -0.3 is 0 Å². The molecule has 0 radical (unpaired) electrons. The third kappa shape index (κ3) is 3.15. The van der Waals surface area contributed by atoms with Crippen LogP contribution in [0.1, 0.15) is 11.1 Å². The standard InChI is InChI=1S/C14H10ClFN2O2S/c1-9-12(15)3-2-4-14(9)18-21(19,20)11-5-6-13(16)10(7-11)8-17/h2-7,18H,1H3. The van der Waals surface area contributed by atoms with Crippen molar-refractivity contribution in [2.75, 3.05) is 4.72 Å². The highest BCUT2D eigenvalue weighted by Crippen LogP contribution is 2.25. The number of halogens is 2. The van der Waals surface area contributed by atoms with Crippen LogP contribution in [0, 0.1) is 24.1 Å². The maximum Gasteiger partial charge on any atom is 0.261 e. The predicted molar refractivity (Wildman–Crippen MR) is 78.1 cm³/mol. The molecule has 4 nitrogen and oxygen atoms in total. The first-order chi connectivity index (χ1) is 9.85. The van der Waals surface area contributed by atoms with Crippen molar-refractivity contribution in [3.63, 3.8) is 0 Å². The van der Waals surface area contributed by atoms with Gasteiger partial charge in [-0.1, -0.05) is 17.7 Å². The van der Waals surface area contributed by atoms with Crippen molar-refractivity contribution in [3.8, 4) is 6.07 Å². The van der Waals surface area contributed by atoms with Gasteiger partial charge in [0.2, 0.25) is 0 Å². The molecule has 1 N–H and O–H groups in total. The molecular formula is C14H10ClFN2O2S. The van der Waals surface area contributed by atoms with E-state index >= 15 is 0 Å². The largest absolute Gasteiger partial charge is 0.279 e. The van der Waals surface area contributed by atoms with Crippen LogP contribution in [0.5, 0.6) is 0 Å². The van der Waals surface area contributed by atoms with Crippen molar-refractivity contribution >= 4 is 27.3 Å². The zero-order chi connectivity index (χ0) is 15.6. The Morgan fingerprint density at radius 2 is 2.00 bits per heavy atom. The van der Waals surface area contributed by atoms with Crippen molar-refractivity contribution in [3.05, 3.63) is 58.4 Å². The summed E-state index contributed by atoms with van der Waals surface area (Å²) in [5.74, 6) is -0.768. The first-order valence-corrected chi connectivity index (χ1v) is 7.69. The Morgan fingerprint density at radius 1 is 1.29 bits per heavy atom. The average molecular weight is 325 g/mol. The first-order valence-electron chi connectivity index (χ1n) is 5.83. The molecule has 0 saturated carbocycles. The van der Waals surface area contributed by atoms with E-state index < -0.39 is 15.8 Å². The van der Waals surface area contributed by atoms with Gasteiger partial charge >= 0.3 is 0 Å². The van der Waals surface area contributed by atoms with Crippen LogP contribution in [0.2, 0.25) is 5.02 Å². The van der Waals surface area contributed by atoms with Crippen molar-refractivity contribution in [2.24, 2.45) is 0 Å². The van der Waals surface area contributed by atoms with Crippen LogP contribution in [-0.2, 0) is 10.0 Å². The average Bonchev–Trinajstić information content (AvgIpc) is 2.44. The van der Waals surface area contributed by atoms with Gasteiger partial charge in [0, 0.05) is 5.02 Å². The molecule has 0 heterocycles. The van der Waals surface area contributed by atoms with Crippen LogP contribution in [0.3, 0.4) is 0 Å². The second kappa shape index (κ2) is 5.72. The lowest BCUT2D eigenvalue weighted by Gasteiger charge is -2.11. The van der Waals surface area contributed by atoms with E-state index in [1.165, 1.54) is 0 Å². The van der Waals surface area contributed by atoms with Crippen LogP contribution in [-0.4, -0.2) is 8.42 Å². The fraction of sp³-hybridized carbons (Fsp3) is 0.0714. The van der Waals surface area contributed by atoms with E-state index in [-0.39, 0.29) is 10.5 Å². The normalized spacial score (nSPS) is 11.0. The van der Waals surface area contributed by atoms with Gasteiger partial charge in [-0.25, -0.2) is 12.8 Å². The number of nitrogens with one attached hydrogen (secondary N) is 1. The van der Waals surface area contributed by atoms with Crippen molar-refractivity contribution in [1.29, 1.82) is 5.26 Å². The molecule has 0 unspecified atom stereocenters. The highest BCUT2D eigenvalue weighted by molar-refractivity contribution is 7.92. The van der Waals surface area contributed by atoms with E-state index in [1.807, 2.05) is 0 Å². The van der Waals surface area contributed by atoms with Gasteiger partial charge in [0.15, 0.2) is 0 Å². The number of anilines is 1. The summed E-state index contributed by atoms with van der Waals surface area (Å²) in [7, 11) is -3.93. The minimum Gasteiger partial charge on any atom is -0.279 e.